The predicted molar refractivity (Wildman–Crippen MR) is 82.2 cm³/mol. The summed E-state index contributed by atoms with van der Waals surface area (Å²) in [7, 11) is 3.41. The quantitative estimate of drug-likeness (QED) is 0.889. The minimum atomic E-state index is -0.112. The number of carbonyl (C=O) groups is 1. The van der Waals surface area contributed by atoms with Gasteiger partial charge in [-0.05, 0) is 25.5 Å². The van der Waals surface area contributed by atoms with E-state index in [-0.39, 0.29) is 12.1 Å². The second-order valence-corrected chi connectivity index (χ2v) is 5.24. The van der Waals surface area contributed by atoms with Crippen molar-refractivity contribution in [2.24, 2.45) is 0 Å². The second-order valence-electron chi connectivity index (χ2n) is 5.24. The van der Waals surface area contributed by atoms with Crippen molar-refractivity contribution < 1.29 is 13.9 Å². The standard InChI is InChI=1S/C16H22N2O3/c1-12(8-9-20-3)17-16(19)18(2)11-14-10-13-6-4-5-7-15(13)21-14/h4-7,10,12H,8-9,11H2,1-3H3,(H,17,19). The number of nitrogens with one attached hydrogen (secondary N) is 1. The maximum absolute atomic E-state index is 12.1. The third-order valence-electron chi connectivity index (χ3n) is 3.34. The number of carbonyl (C=O) groups excluding carboxylic acids is 1. The van der Waals surface area contributed by atoms with Gasteiger partial charge in [0.15, 0.2) is 0 Å². The molecule has 0 fully saturated rings. The second kappa shape index (κ2) is 7.13. The molecular weight excluding hydrogens is 268 g/mol. The van der Waals surface area contributed by atoms with Crippen molar-refractivity contribution in [2.75, 3.05) is 20.8 Å². The molecule has 0 spiro atoms. The summed E-state index contributed by atoms with van der Waals surface area (Å²) in [4.78, 5) is 13.7. The first-order valence-electron chi connectivity index (χ1n) is 7.08. The Morgan fingerprint density at radius 1 is 1.43 bits per heavy atom. The Morgan fingerprint density at radius 3 is 2.90 bits per heavy atom. The molecule has 0 aliphatic heterocycles. The number of benzene rings is 1. The van der Waals surface area contributed by atoms with Gasteiger partial charge < -0.3 is 19.4 Å². The highest BCUT2D eigenvalue weighted by molar-refractivity contribution is 5.78. The normalized spacial score (nSPS) is 12.3. The van der Waals surface area contributed by atoms with Crippen molar-refractivity contribution in [1.29, 1.82) is 0 Å². The number of urea groups is 1. The number of furan rings is 1. The van der Waals surface area contributed by atoms with Crippen LogP contribution in [0.15, 0.2) is 34.7 Å². The van der Waals surface area contributed by atoms with Crippen LogP contribution in [0, 0.1) is 0 Å². The lowest BCUT2D eigenvalue weighted by molar-refractivity contribution is 0.176. The Balaban J connectivity index is 1.90. The molecule has 0 aliphatic carbocycles. The Bertz CT molecular complexity index is 561. The fourth-order valence-electron chi connectivity index (χ4n) is 2.11. The van der Waals surface area contributed by atoms with Crippen molar-refractivity contribution in [1.82, 2.24) is 10.2 Å². The predicted octanol–water partition coefficient (Wildman–Crippen LogP) is 3.00. The summed E-state index contributed by atoms with van der Waals surface area (Å²) in [6.45, 7) is 3.04. The molecular formula is C16H22N2O3. The monoisotopic (exact) mass is 290 g/mol. The maximum atomic E-state index is 12.1. The molecule has 5 nitrogen and oxygen atoms in total. The van der Waals surface area contributed by atoms with Gasteiger partial charge in [0, 0.05) is 32.2 Å². The first-order chi connectivity index (χ1) is 10.1. The van der Waals surface area contributed by atoms with E-state index in [1.807, 2.05) is 37.3 Å². The van der Waals surface area contributed by atoms with E-state index in [0.717, 1.165) is 23.2 Å². The van der Waals surface area contributed by atoms with Crippen molar-refractivity contribution >= 4 is 17.0 Å². The zero-order chi connectivity index (χ0) is 15.2. The van der Waals surface area contributed by atoms with Crippen LogP contribution in [0.25, 0.3) is 11.0 Å². The van der Waals surface area contributed by atoms with Crippen LogP contribution in [0.1, 0.15) is 19.1 Å². The highest BCUT2D eigenvalue weighted by Gasteiger charge is 2.14. The minimum Gasteiger partial charge on any atom is -0.459 e. The number of fused-ring (bicyclic) bond motifs is 1. The molecule has 0 bridgehead atoms. The number of rotatable bonds is 6. The molecule has 0 saturated carbocycles. The number of ether oxygens (including phenoxy) is 1. The lowest BCUT2D eigenvalue weighted by atomic mass is 10.2. The summed E-state index contributed by atoms with van der Waals surface area (Å²) >= 11 is 0. The highest BCUT2D eigenvalue weighted by Crippen LogP contribution is 2.19. The van der Waals surface area contributed by atoms with Crippen LogP contribution < -0.4 is 5.32 Å². The molecule has 0 saturated heterocycles. The summed E-state index contributed by atoms with van der Waals surface area (Å²) in [5.74, 6) is 0.776. The summed E-state index contributed by atoms with van der Waals surface area (Å²) in [6.07, 6.45) is 0.792. The lowest BCUT2D eigenvalue weighted by Gasteiger charge is -2.20. The molecule has 1 aromatic heterocycles. The Labute approximate surface area is 124 Å². The van der Waals surface area contributed by atoms with E-state index in [2.05, 4.69) is 5.32 Å². The van der Waals surface area contributed by atoms with Gasteiger partial charge >= 0.3 is 6.03 Å². The number of amides is 2. The highest BCUT2D eigenvalue weighted by atomic mass is 16.5. The summed E-state index contributed by atoms with van der Waals surface area (Å²) in [5, 5.41) is 3.98. The van der Waals surface area contributed by atoms with E-state index in [9.17, 15) is 4.79 Å². The smallest absolute Gasteiger partial charge is 0.317 e. The van der Waals surface area contributed by atoms with Crippen molar-refractivity contribution in [3.05, 3.63) is 36.1 Å². The molecule has 0 aliphatic rings. The Hall–Kier alpha value is -2.01. The summed E-state index contributed by atoms with van der Waals surface area (Å²) < 4.78 is 10.7. The SMILES string of the molecule is COCCC(C)NC(=O)N(C)Cc1cc2ccccc2o1. The van der Waals surface area contributed by atoms with Gasteiger partial charge in [0.25, 0.3) is 0 Å². The number of hydrogen-bond acceptors (Lipinski definition) is 3. The van der Waals surface area contributed by atoms with Crippen LogP contribution in [-0.4, -0.2) is 37.7 Å². The summed E-state index contributed by atoms with van der Waals surface area (Å²) in [5.41, 5.74) is 0.842. The van der Waals surface area contributed by atoms with Gasteiger partial charge in [-0.3, -0.25) is 0 Å². The maximum Gasteiger partial charge on any atom is 0.317 e. The van der Waals surface area contributed by atoms with Gasteiger partial charge in [0.2, 0.25) is 0 Å². The van der Waals surface area contributed by atoms with E-state index in [0.29, 0.717) is 13.2 Å². The molecule has 1 aromatic carbocycles. The van der Waals surface area contributed by atoms with Gasteiger partial charge in [-0.1, -0.05) is 18.2 Å². The number of methoxy groups -OCH3 is 1. The van der Waals surface area contributed by atoms with E-state index in [4.69, 9.17) is 9.15 Å². The van der Waals surface area contributed by atoms with Gasteiger partial charge in [-0.25, -0.2) is 4.79 Å². The molecule has 5 heteroatoms. The molecule has 2 aromatic rings. The third-order valence-corrected chi connectivity index (χ3v) is 3.34. The van der Waals surface area contributed by atoms with E-state index >= 15 is 0 Å². The average Bonchev–Trinajstić information content (AvgIpc) is 2.87. The lowest BCUT2D eigenvalue weighted by Crippen LogP contribution is -2.41. The van der Waals surface area contributed by atoms with Crippen LogP contribution in [0.4, 0.5) is 4.79 Å². The van der Waals surface area contributed by atoms with Crippen molar-refractivity contribution in [2.45, 2.75) is 25.9 Å². The van der Waals surface area contributed by atoms with E-state index in [1.54, 1.807) is 19.1 Å². The fourth-order valence-corrected chi connectivity index (χ4v) is 2.11. The van der Waals surface area contributed by atoms with Crippen molar-refractivity contribution in [3.63, 3.8) is 0 Å². The first kappa shape index (κ1) is 15.4. The molecule has 1 heterocycles. The minimum absolute atomic E-state index is 0.0792. The molecule has 2 amide bonds. The van der Waals surface area contributed by atoms with Crippen LogP contribution in [0.5, 0.6) is 0 Å². The first-order valence-corrected chi connectivity index (χ1v) is 7.08. The number of para-hydroxylation sites is 1. The Kier molecular flexibility index (Phi) is 5.22. The number of hydrogen-bond donors (Lipinski definition) is 1. The van der Waals surface area contributed by atoms with Crippen molar-refractivity contribution in [3.8, 4) is 0 Å². The van der Waals surface area contributed by atoms with Gasteiger partial charge in [-0.2, -0.15) is 0 Å². The topological polar surface area (TPSA) is 54.7 Å². The van der Waals surface area contributed by atoms with Crippen LogP contribution in [-0.2, 0) is 11.3 Å². The van der Waals surface area contributed by atoms with Gasteiger partial charge in [0.1, 0.15) is 11.3 Å². The third kappa shape index (κ3) is 4.23. The molecule has 21 heavy (non-hydrogen) atoms. The van der Waals surface area contributed by atoms with Crippen LogP contribution in [0.3, 0.4) is 0 Å². The molecule has 0 radical (unpaired) electrons. The molecule has 1 atom stereocenters. The largest absolute Gasteiger partial charge is 0.459 e. The molecule has 2 rings (SSSR count). The zero-order valence-electron chi connectivity index (χ0n) is 12.8. The van der Waals surface area contributed by atoms with Gasteiger partial charge in [-0.15, -0.1) is 0 Å². The van der Waals surface area contributed by atoms with E-state index in [1.165, 1.54) is 0 Å². The Morgan fingerprint density at radius 2 is 2.19 bits per heavy atom. The molecule has 1 N–H and O–H groups in total. The van der Waals surface area contributed by atoms with Crippen LogP contribution in [0.2, 0.25) is 0 Å². The zero-order valence-corrected chi connectivity index (χ0v) is 12.8. The molecule has 114 valence electrons. The van der Waals surface area contributed by atoms with Crippen LogP contribution >= 0.6 is 0 Å². The van der Waals surface area contributed by atoms with E-state index < -0.39 is 0 Å². The average molecular weight is 290 g/mol. The number of nitrogens with zero attached hydrogens (tertiary/aromatic N) is 1. The molecule has 1 unspecified atom stereocenters. The van der Waals surface area contributed by atoms with Gasteiger partial charge in [0.05, 0.1) is 6.54 Å². The summed E-state index contributed by atoms with van der Waals surface area (Å²) in [6, 6.07) is 9.75. The fraction of sp³-hybridized carbons (Fsp3) is 0.438.